The largest absolute Gasteiger partial charge is 0.455 e. The van der Waals surface area contributed by atoms with E-state index < -0.39 is 0 Å². The van der Waals surface area contributed by atoms with E-state index in [4.69, 9.17) is 4.42 Å². The molecule has 0 N–H and O–H groups in total. The molecule has 0 saturated heterocycles. The Labute approximate surface area is 402 Å². The van der Waals surface area contributed by atoms with Gasteiger partial charge in [-0.3, -0.25) is 0 Å². The van der Waals surface area contributed by atoms with E-state index in [9.17, 15) is 0 Å². The highest BCUT2D eigenvalue weighted by molar-refractivity contribution is 6.09. The third-order valence-electron chi connectivity index (χ3n) is 14.0. The lowest BCUT2D eigenvalue weighted by Gasteiger charge is -2.29. The Morgan fingerprint density at radius 3 is 1.46 bits per heavy atom. The highest BCUT2D eigenvalue weighted by Crippen LogP contribution is 2.48. The minimum atomic E-state index is 0.275. The SMILES string of the molecule is C1=CC2c3ccccc3N(c3ccc(-c4ccc(N(c5ccc(-c6cc(-c7ccccc7)cc(-c7ccccc7)c6)cc5)c5ccc(-c6cccc7c6oc6ccccc67)cc5)cc4)cc3)C2C=C1. The molecule has 2 unspecified atom stereocenters. The van der Waals surface area contributed by atoms with Gasteiger partial charge in [-0.15, -0.1) is 0 Å². The number of anilines is 5. The fourth-order valence-electron chi connectivity index (χ4n) is 10.6. The summed E-state index contributed by atoms with van der Waals surface area (Å²) in [5.41, 5.74) is 20.5. The highest BCUT2D eigenvalue weighted by Gasteiger charge is 2.37. The number of nitrogens with zero attached hydrogens (tertiary/aromatic N) is 2. The van der Waals surface area contributed by atoms with Crippen LogP contribution in [0.3, 0.4) is 0 Å². The van der Waals surface area contributed by atoms with Crippen molar-refractivity contribution in [3.63, 3.8) is 0 Å². The molecule has 0 fully saturated rings. The zero-order valence-electron chi connectivity index (χ0n) is 37.9. The number of rotatable bonds is 9. The monoisotopic (exact) mass is 882 g/mol. The van der Waals surface area contributed by atoms with E-state index in [2.05, 4.69) is 265 Å². The zero-order chi connectivity index (χ0) is 45.7. The van der Waals surface area contributed by atoms with Gasteiger partial charge in [0.25, 0.3) is 0 Å². The van der Waals surface area contributed by atoms with Crippen LogP contribution in [0.2, 0.25) is 0 Å². The van der Waals surface area contributed by atoms with Crippen molar-refractivity contribution < 1.29 is 4.42 Å². The van der Waals surface area contributed by atoms with E-state index in [0.29, 0.717) is 5.92 Å². The van der Waals surface area contributed by atoms with Crippen molar-refractivity contribution in [3.8, 4) is 55.6 Å². The summed E-state index contributed by atoms with van der Waals surface area (Å²) in [6.07, 6.45) is 9.02. The molecule has 0 bridgehead atoms. The van der Waals surface area contributed by atoms with E-state index >= 15 is 0 Å². The van der Waals surface area contributed by atoms with Crippen molar-refractivity contribution in [2.75, 3.05) is 9.80 Å². The molecular formula is C66H46N2O. The van der Waals surface area contributed by atoms with Gasteiger partial charge in [0, 0.05) is 50.7 Å². The second-order valence-electron chi connectivity index (χ2n) is 18.0. The summed E-state index contributed by atoms with van der Waals surface area (Å²) < 4.78 is 6.46. The highest BCUT2D eigenvalue weighted by atomic mass is 16.3. The van der Waals surface area contributed by atoms with E-state index in [-0.39, 0.29) is 6.04 Å². The Morgan fingerprint density at radius 2 is 0.841 bits per heavy atom. The average Bonchev–Trinajstić information content (AvgIpc) is 3.98. The molecule has 2 heterocycles. The van der Waals surface area contributed by atoms with Crippen LogP contribution in [0.15, 0.2) is 271 Å². The van der Waals surface area contributed by atoms with Crippen molar-refractivity contribution in [3.05, 3.63) is 273 Å². The lowest BCUT2D eigenvalue weighted by molar-refractivity contribution is 0.670. The van der Waals surface area contributed by atoms with Gasteiger partial charge in [0.2, 0.25) is 0 Å². The van der Waals surface area contributed by atoms with Crippen molar-refractivity contribution in [1.82, 2.24) is 0 Å². The first kappa shape index (κ1) is 40.4. The van der Waals surface area contributed by atoms with Crippen LogP contribution in [0.5, 0.6) is 0 Å². The molecular weight excluding hydrogens is 837 g/mol. The van der Waals surface area contributed by atoms with Crippen molar-refractivity contribution in [1.29, 1.82) is 0 Å². The fourth-order valence-corrected chi connectivity index (χ4v) is 10.6. The maximum Gasteiger partial charge on any atom is 0.143 e. The topological polar surface area (TPSA) is 19.6 Å². The van der Waals surface area contributed by atoms with E-state index in [1.54, 1.807) is 0 Å². The molecule has 1 aromatic heterocycles. The molecule has 69 heavy (non-hydrogen) atoms. The Morgan fingerprint density at radius 1 is 0.362 bits per heavy atom. The maximum atomic E-state index is 6.46. The van der Waals surface area contributed by atoms with Crippen LogP contribution in [0, 0.1) is 0 Å². The van der Waals surface area contributed by atoms with E-state index in [1.807, 2.05) is 12.1 Å². The van der Waals surface area contributed by atoms with Gasteiger partial charge < -0.3 is 14.2 Å². The lowest BCUT2D eigenvalue weighted by atomic mass is 9.91. The first-order valence-corrected chi connectivity index (χ1v) is 23.8. The molecule has 0 amide bonds. The molecule has 1 aliphatic heterocycles. The second kappa shape index (κ2) is 17.1. The van der Waals surface area contributed by atoms with E-state index in [0.717, 1.165) is 55.7 Å². The summed E-state index contributed by atoms with van der Waals surface area (Å²) in [6.45, 7) is 0. The molecule has 0 spiro atoms. The Balaban J connectivity index is 0.858. The smallest absolute Gasteiger partial charge is 0.143 e. The minimum Gasteiger partial charge on any atom is -0.455 e. The fraction of sp³-hybridized carbons (Fsp3) is 0.0303. The Kier molecular flexibility index (Phi) is 9.98. The van der Waals surface area contributed by atoms with Crippen LogP contribution in [0.1, 0.15) is 11.5 Å². The number of hydrogen-bond donors (Lipinski definition) is 0. The number of fused-ring (bicyclic) bond motifs is 6. The lowest BCUT2D eigenvalue weighted by Crippen LogP contribution is -2.28. The number of para-hydroxylation sites is 3. The molecule has 326 valence electrons. The molecule has 2 aliphatic rings. The summed E-state index contributed by atoms with van der Waals surface area (Å²) in [7, 11) is 0. The third-order valence-corrected chi connectivity index (χ3v) is 14.0. The van der Waals surface area contributed by atoms with Gasteiger partial charge in [0.15, 0.2) is 0 Å². The minimum absolute atomic E-state index is 0.275. The predicted octanol–water partition coefficient (Wildman–Crippen LogP) is 18.1. The van der Waals surface area contributed by atoms with Crippen LogP contribution >= 0.6 is 0 Å². The van der Waals surface area contributed by atoms with Gasteiger partial charge in [0.05, 0.1) is 6.04 Å². The van der Waals surface area contributed by atoms with Gasteiger partial charge in [-0.25, -0.2) is 0 Å². The molecule has 11 aromatic rings. The normalized spacial score (nSPS) is 14.8. The first-order valence-electron chi connectivity index (χ1n) is 23.8. The predicted molar refractivity (Wildman–Crippen MR) is 289 cm³/mol. The summed E-state index contributed by atoms with van der Waals surface area (Å²) in [5, 5.41) is 2.26. The average molecular weight is 883 g/mol. The Bertz CT molecular complexity index is 3640. The molecule has 1 aliphatic carbocycles. The van der Waals surface area contributed by atoms with Crippen LogP contribution in [0.4, 0.5) is 28.4 Å². The van der Waals surface area contributed by atoms with Crippen LogP contribution in [-0.2, 0) is 0 Å². The van der Waals surface area contributed by atoms with Crippen molar-refractivity contribution in [2.45, 2.75) is 12.0 Å². The summed E-state index contributed by atoms with van der Waals surface area (Å²) in [4.78, 5) is 4.84. The third kappa shape index (κ3) is 7.33. The number of furan rings is 1. The Hall–Kier alpha value is -8.92. The van der Waals surface area contributed by atoms with Crippen molar-refractivity contribution >= 4 is 50.4 Å². The molecule has 10 aromatic carbocycles. The number of benzene rings is 10. The maximum absolute atomic E-state index is 6.46. The van der Waals surface area contributed by atoms with Gasteiger partial charge in [-0.1, -0.05) is 188 Å². The molecule has 2 atom stereocenters. The quantitative estimate of drug-likeness (QED) is 0.144. The summed E-state index contributed by atoms with van der Waals surface area (Å²) in [5.74, 6) is 0.359. The van der Waals surface area contributed by atoms with Gasteiger partial charge in [-0.05, 0) is 134 Å². The molecule has 0 saturated carbocycles. The van der Waals surface area contributed by atoms with Gasteiger partial charge in [0.1, 0.15) is 11.2 Å². The van der Waals surface area contributed by atoms with Crippen LogP contribution in [-0.4, -0.2) is 6.04 Å². The van der Waals surface area contributed by atoms with Gasteiger partial charge in [-0.2, -0.15) is 0 Å². The first-order chi connectivity index (χ1) is 34.2. The van der Waals surface area contributed by atoms with Gasteiger partial charge >= 0.3 is 0 Å². The molecule has 3 heteroatoms. The molecule has 3 nitrogen and oxygen atoms in total. The zero-order valence-corrected chi connectivity index (χ0v) is 37.9. The van der Waals surface area contributed by atoms with E-state index in [1.165, 1.54) is 55.9 Å². The number of hydrogen-bond acceptors (Lipinski definition) is 3. The summed E-state index contributed by atoms with van der Waals surface area (Å²) >= 11 is 0. The van der Waals surface area contributed by atoms with Crippen LogP contribution in [0.25, 0.3) is 77.6 Å². The van der Waals surface area contributed by atoms with Crippen molar-refractivity contribution in [2.24, 2.45) is 0 Å². The number of allylic oxidation sites excluding steroid dienone is 2. The standard InChI is InChI=1S/C66H46N2O/c1-3-14-45(15-4-1)51-42-52(46-16-5-2-6-17-46)44-53(43-51)49-30-36-55(37-31-49)67(56-40-32-50(33-41-56)58-21-13-22-62-61-20-9-12-25-65(61)69-66(58)62)54-34-26-47(27-35-54)48-28-38-57(39-29-48)68-63-23-10-7-18-59(63)60-19-8-11-24-64(60)68/h1-44,59,63H. The molecule has 0 radical (unpaired) electrons. The second-order valence-corrected chi connectivity index (χ2v) is 18.0. The van der Waals surface area contributed by atoms with Crippen LogP contribution < -0.4 is 9.80 Å². The molecule has 13 rings (SSSR count). The summed E-state index contributed by atoms with van der Waals surface area (Å²) in [6, 6.07) is 88.0.